The van der Waals surface area contributed by atoms with Gasteiger partial charge in [0.2, 0.25) is 6.20 Å². The zero-order chi connectivity index (χ0) is 14.9. The van der Waals surface area contributed by atoms with Crippen LogP contribution >= 0.6 is 0 Å². The zero-order valence-corrected chi connectivity index (χ0v) is 12.2. The Kier molecular flexibility index (Phi) is 3.54. The van der Waals surface area contributed by atoms with Crippen molar-refractivity contribution in [3.8, 4) is 0 Å². The van der Waals surface area contributed by atoms with Crippen LogP contribution in [0.25, 0.3) is 0 Å². The van der Waals surface area contributed by atoms with Crippen molar-refractivity contribution in [1.82, 2.24) is 9.78 Å². The number of aromatic nitrogens is 3. The lowest BCUT2D eigenvalue weighted by Gasteiger charge is -2.24. The molecule has 0 unspecified atom stereocenters. The van der Waals surface area contributed by atoms with Crippen LogP contribution in [0.4, 0.5) is 5.69 Å². The molecule has 1 N–H and O–H groups in total. The summed E-state index contributed by atoms with van der Waals surface area (Å²) in [5, 5.41) is 15.2. The van der Waals surface area contributed by atoms with Crippen LogP contribution in [0.15, 0.2) is 41.8 Å². The second-order valence-corrected chi connectivity index (χ2v) is 6.94. The minimum absolute atomic E-state index is 0.100. The summed E-state index contributed by atoms with van der Waals surface area (Å²) in [5.41, 5.74) is 0.222. The third-order valence-corrected chi connectivity index (χ3v) is 4.95. The highest BCUT2D eigenvalue weighted by atomic mass is 32.2. The van der Waals surface area contributed by atoms with Gasteiger partial charge in [-0.05, 0) is 24.8 Å². The molecular formula is C13H16N4O3S. The number of nitrogens with one attached hydrogen (secondary N) is 1. The van der Waals surface area contributed by atoms with Gasteiger partial charge in [-0.3, -0.25) is 9.40 Å². The molecule has 1 aliphatic carbocycles. The highest BCUT2D eigenvalue weighted by molar-refractivity contribution is 7.92. The molecular weight excluding hydrogens is 292 g/mol. The van der Waals surface area contributed by atoms with Gasteiger partial charge in [0.05, 0.1) is 6.20 Å². The van der Waals surface area contributed by atoms with E-state index in [1.54, 1.807) is 4.68 Å². The first-order chi connectivity index (χ1) is 10.0. The molecule has 21 heavy (non-hydrogen) atoms. The van der Waals surface area contributed by atoms with Crippen LogP contribution in [0.1, 0.15) is 19.3 Å². The molecule has 1 fully saturated rings. The molecule has 0 atom stereocenters. The van der Waals surface area contributed by atoms with E-state index in [9.17, 15) is 13.6 Å². The summed E-state index contributed by atoms with van der Waals surface area (Å²) < 4.78 is 29.0. The van der Waals surface area contributed by atoms with E-state index in [1.165, 1.54) is 50.0 Å². The minimum atomic E-state index is -3.72. The van der Waals surface area contributed by atoms with Crippen molar-refractivity contribution in [3.05, 3.63) is 42.1 Å². The normalized spacial score (nSPS) is 15.6. The fourth-order valence-electron chi connectivity index (χ4n) is 2.25. The van der Waals surface area contributed by atoms with Gasteiger partial charge in [0, 0.05) is 18.8 Å². The van der Waals surface area contributed by atoms with Gasteiger partial charge in [0.25, 0.3) is 10.0 Å². The summed E-state index contributed by atoms with van der Waals surface area (Å²) in [6.45, 7) is 0.751. The molecule has 0 saturated heterocycles. The molecule has 1 saturated carbocycles. The predicted molar refractivity (Wildman–Crippen MR) is 75.8 cm³/mol. The molecule has 0 bridgehead atoms. The van der Waals surface area contributed by atoms with Gasteiger partial charge >= 0.3 is 0 Å². The van der Waals surface area contributed by atoms with Crippen molar-refractivity contribution in [2.24, 2.45) is 5.92 Å². The highest BCUT2D eigenvalue weighted by Gasteiger charge is 2.21. The maximum absolute atomic E-state index is 12.2. The Bertz CT molecular complexity index is 737. The number of pyridine rings is 1. The van der Waals surface area contributed by atoms with Crippen LogP contribution in [0.2, 0.25) is 0 Å². The Balaban J connectivity index is 1.75. The van der Waals surface area contributed by atoms with E-state index in [0.717, 1.165) is 12.7 Å². The van der Waals surface area contributed by atoms with E-state index in [1.807, 2.05) is 0 Å². The zero-order valence-electron chi connectivity index (χ0n) is 11.3. The fourth-order valence-corrected chi connectivity index (χ4v) is 3.25. The standard InChI is InChI=1S/C13H16N4O3S/c18-17-6-2-5-12(9-17)15-21(19,20)13-7-14-16(10-13)8-11-3-1-4-11/h2,5-7,9-11,15H,1,3-4,8H2. The van der Waals surface area contributed by atoms with Crippen molar-refractivity contribution >= 4 is 15.7 Å². The van der Waals surface area contributed by atoms with Crippen LogP contribution in [-0.2, 0) is 16.6 Å². The molecule has 0 spiro atoms. The smallest absolute Gasteiger partial charge is 0.265 e. The van der Waals surface area contributed by atoms with E-state index >= 15 is 0 Å². The largest absolute Gasteiger partial charge is 0.619 e. The van der Waals surface area contributed by atoms with Gasteiger partial charge in [-0.15, -0.1) is 0 Å². The summed E-state index contributed by atoms with van der Waals surface area (Å²) in [4.78, 5) is 0.100. The van der Waals surface area contributed by atoms with E-state index in [-0.39, 0.29) is 10.6 Å². The second-order valence-electron chi connectivity index (χ2n) is 5.25. The molecule has 0 aromatic carbocycles. The van der Waals surface area contributed by atoms with E-state index in [0.29, 0.717) is 10.6 Å². The molecule has 2 aromatic rings. The lowest BCUT2D eigenvalue weighted by atomic mass is 9.85. The molecule has 0 aliphatic heterocycles. The Labute approximate surface area is 122 Å². The van der Waals surface area contributed by atoms with E-state index in [4.69, 9.17) is 0 Å². The average Bonchev–Trinajstić information content (AvgIpc) is 2.83. The Morgan fingerprint density at radius 1 is 1.48 bits per heavy atom. The van der Waals surface area contributed by atoms with Crippen molar-refractivity contribution < 1.29 is 13.1 Å². The molecule has 3 rings (SSSR count). The van der Waals surface area contributed by atoms with Crippen molar-refractivity contribution in [3.63, 3.8) is 0 Å². The number of hydrogen-bond donors (Lipinski definition) is 1. The molecule has 7 nitrogen and oxygen atoms in total. The van der Waals surface area contributed by atoms with Crippen LogP contribution in [0.3, 0.4) is 0 Å². The number of hydrogen-bond acceptors (Lipinski definition) is 4. The first kappa shape index (κ1) is 13.9. The third-order valence-electron chi connectivity index (χ3n) is 3.62. The van der Waals surface area contributed by atoms with Crippen molar-refractivity contribution in [2.45, 2.75) is 30.7 Å². The summed E-state index contributed by atoms with van der Waals surface area (Å²) in [6, 6.07) is 3.00. The van der Waals surface area contributed by atoms with Crippen LogP contribution in [-0.4, -0.2) is 18.2 Å². The van der Waals surface area contributed by atoms with Crippen LogP contribution in [0, 0.1) is 11.1 Å². The van der Waals surface area contributed by atoms with Gasteiger partial charge in [-0.25, -0.2) is 8.42 Å². The van der Waals surface area contributed by atoms with Crippen molar-refractivity contribution in [1.29, 1.82) is 0 Å². The molecule has 8 heteroatoms. The number of anilines is 1. The number of rotatable bonds is 5. The minimum Gasteiger partial charge on any atom is -0.619 e. The quantitative estimate of drug-likeness (QED) is 0.662. The predicted octanol–water partition coefficient (Wildman–Crippen LogP) is 1.12. The molecule has 2 heterocycles. The SMILES string of the molecule is O=S(=O)(Nc1ccc[n+]([O-])c1)c1cnn(CC2CCC2)c1. The lowest BCUT2D eigenvalue weighted by molar-refractivity contribution is -0.604. The summed E-state index contributed by atoms with van der Waals surface area (Å²) in [6.07, 6.45) is 8.89. The van der Waals surface area contributed by atoms with Crippen molar-refractivity contribution in [2.75, 3.05) is 4.72 Å². The first-order valence-electron chi connectivity index (χ1n) is 6.77. The Morgan fingerprint density at radius 3 is 2.95 bits per heavy atom. The van der Waals surface area contributed by atoms with E-state index < -0.39 is 10.0 Å². The van der Waals surface area contributed by atoms with Gasteiger partial charge in [-0.2, -0.15) is 9.83 Å². The summed E-state index contributed by atoms with van der Waals surface area (Å²) >= 11 is 0. The maximum atomic E-state index is 12.2. The highest BCUT2D eigenvalue weighted by Crippen LogP contribution is 2.27. The van der Waals surface area contributed by atoms with Gasteiger partial charge in [0.1, 0.15) is 10.6 Å². The van der Waals surface area contributed by atoms with Gasteiger partial charge in [0.15, 0.2) is 6.20 Å². The van der Waals surface area contributed by atoms with E-state index in [2.05, 4.69) is 9.82 Å². The van der Waals surface area contributed by atoms with Crippen LogP contribution in [0.5, 0.6) is 0 Å². The molecule has 0 radical (unpaired) electrons. The fraction of sp³-hybridized carbons (Fsp3) is 0.385. The molecule has 1 aliphatic rings. The molecule has 2 aromatic heterocycles. The Hall–Kier alpha value is -2.09. The Morgan fingerprint density at radius 2 is 2.29 bits per heavy atom. The third kappa shape index (κ3) is 3.15. The summed E-state index contributed by atoms with van der Waals surface area (Å²) in [5.74, 6) is 0.599. The van der Waals surface area contributed by atoms with Gasteiger partial charge in [-0.1, -0.05) is 6.42 Å². The van der Waals surface area contributed by atoms with Crippen LogP contribution < -0.4 is 9.45 Å². The van der Waals surface area contributed by atoms with Gasteiger partial charge < -0.3 is 5.21 Å². The number of sulfonamides is 1. The maximum Gasteiger partial charge on any atom is 0.265 e. The summed E-state index contributed by atoms with van der Waals surface area (Å²) in [7, 11) is -3.72. The first-order valence-corrected chi connectivity index (χ1v) is 8.25. The topological polar surface area (TPSA) is 90.9 Å². The average molecular weight is 308 g/mol. The number of nitrogens with zero attached hydrogens (tertiary/aromatic N) is 3. The lowest BCUT2D eigenvalue weighted by Crippen LogP contribution is -2.25. The molecule has 112 valence electrons. The molecule has 0 amide bonds. The monoisotopic (exact) mass is 308 g/mol. The second kappa shape index (κ2) is 5.36.